The van der Waals surface area contributed by atoms with Gasteiger partial charge in [0, 0.05) is 22.3 Å². The first-order chi connectivity index (χ1) is 13.8. The van der Waals surface area contributed by atoms with Crippen LogP contribution in [0.3, 0.4) is 0 Å². The van der Waals surface area contributed by atoms with Crippen molar-refractivity contribution in [2.24, 2.45) is 0 Å². The van der Waals surface area contributed by atoms with Crippen LogP contribution in [0, 0.1) is 5.41 Å². The number of rotatable bonds is 3. The van der Waals surface area contributed by atoms with E-state index < -0.39 is 0 Å². The standard InChI is InChI=1S/C21H18N4O2S/c22-19-8-6-13-5-7-14(11-18(13)28-19)24-21-23-10-9-16(25-21)20-15-3-1-2-4-17(15)26-12-27-20/h1-5,7,9-11,20,22H,6,8,12H2,(H,23,24,25). The van der Waals surface area contributed by atoms with Gasteiger partial charge < -0.3 is 14.8 Å². The van der Waals surface area contributed by atoms with Crippen molar-refractivity contribution in [2.75, 3.05) is 12.1 Å². The van der Waals surface area contributed by atoms with E-state index in [1.165, 1.54) is 17.3 Å². The maximum atomic E-state index is 7.91. The van der Waals surface area contributed by atoms with Crippen LogP contribution in [0.1, 0.15) is 29.3 Å². The molecule has 0 saturated heterocycles. The Morgan fingerprint density at radius 2 is 2.04 bits per heavy atom. The lowest BCUT2D eigenvalue weighted by Crippen LogP contribution is -2.19. The van der Waals surface area contributed by atoms with Crippen molar-refractivity contribution in [3.8, 4) is 5.75 Å². The zero-order chi connectivity index (χ0) is 18.9. The average Bonchev–Trinajstić information content (AvgIpc) is 2.73. The molecule has 3 heterocycles. The number of anilines is 2. The molecule has 0 spiro atoms. The van der Waals surface area contributed by atoms with Gasteiger partial charge in [0.2, 0.25) is 5.95 Å². The molecule has 0 fully saturated rings. The SMILES string of the molecule is N=C1CCc2ccc(Nc3nccc(C4OCOc5ccccc54)n3)cc2S1. The Kier molecular flexibility index (Phi) is 4.46. The molecule has 0 saturated carbocycles. The molecule has 2 aromatic carbocycles. The largest absolute Gasteiger partial charge is 0.467 e. The number of ether oxygens (including phenoxy) is 2. The highest BCUT2D eigenvalue weighted by Gasteiger charge is 2.25. The summed E-state index contributed by atoms with van der Waals surface area (Å²) >= 11 is 1.52. The first-order valence-electron chi connectivity index (χ1n) is 9.08. The zero-order valence-corrected chi connectivity index (χ0v) is 15.8. The van der Waals surface area contributed by atoms with Crippen LogP contribution >= 0.6 is 11.8 Å². The molecule has 5 rings (SSSR count). The topological polar surface area (TPSA) is 80.1 Å². The summed E-state index contributed by atoms with van der Waals surface area (Å²) in [7, 11) is 0. The van der Waals surface area contributed by atoms with Crippen molar-refractivity contribution < 1.29 is 9.47 Å². The third kappa shape index (κ3) is 3.34. The minimum atomic E-state index is -0.284. The summed E-state index contributed by atoms with van der Waals surface area (Å²) in [5, 5.41) is 11.9. The smallest absolute Gasteiger partial charge is 0.227 e. The molecule has 1 aromatic heterocycles. The molecule has 0 bridgehead atoms. The summed E-state index contributed by atoms with van der Waals surface area (Å²) in [5.41, 5.74) is 3.93. The van der Waals surface area contributed by atoms with E-state index in [2.05, 4.69) is 27.4 Å². The van der Waals surface area contributed by atoms with Crippen LogP contribution in [-0.4, -0.2) is 21.8 Å². The van der Waals surface area contributed by atoms with Gasteiger partial charge in [0.15, 0.2) is 6.79 Å². The highest BCUT2D eigenvalue weighted by molar-refractivity contribution is 8.14. The number of benzene rings is 2. The fourth-order valence-electron chi connectivity index (χ4n) is 3.40. The van der Waals surface area contributed by atoms with Gasteiger partial charge in [-0.25, -0.2) is 9.97 Å². The van der Waals surface area contributed by atoms with E-state index in [-0.39, 0.29) is 12.9 Å². The Labute approximate surface area is 166 Å². The highest BCUT2D eigenvalue weighted by Crippen LogP contribution is 2.36. The van der Waals surface area contributed by atoms with Crippen molar-refractivity contribution >= 4 is 28.4 Å². The third-order valence-electron chi connectivity index (χ3n) is 4.77. The molecular formula is C21H18N4O2S. The Morgan fingerprint density at radius 3 is 3.00 bits per heavy atom. The number of fused-ring (bicyclic) bond motifs is 2. The summed E-state index contributed by atoms with van der Waals surface area (Å²) < 4.78 is 11.4. The predicted octanol–water partition coefficient (Wildman–Crippen LogP) is 4.69. The van der Waals surface area contributed by atoms with Crippen molar-refractivity contribution in [2.45, 2.75) is 23.8 Å². The van der Waals surface area contributed by atoms with Gasteiger partial charge >= 0.3 is 0 Å². The van der Waals surface area contributed by atoms with E-state index in [4.69, 9.17) is 14.9 Å². The van der Waals surface area contributed by atoms with E-state index in [0.29, 0.717) is 11.0 Å². The molecule has 2 aliphatic rings. The van der Waals surface area contributed by atoms with Gasteiger partial charge in [-0.1, -0.05) is 36.0 Å². The predicted molar refractivity (Wildman–Crippen MR) is 109 cm³/mol. The molecule has 2 aliphatic heterocycles. The Bertz CT molecular complexity index is 1060. The molecule has 6 nitrogen and oxygen atoms in total. The van der Waals surface area contributed by atoms with Gasteiger partial charge in [0.25, 0.3) is 0 Å². The first kappa shape index (κ1) is 17.2. The van der Waals surface area contributed by atoms with Gasteiger partial charge in [-0.3, -0.25) is 5.41 Å². The summed E-state index contributed by atoms with van der Waals surface area (Å²) in [6.45, 7) is 0.197. The van der Waals surface area contributed by atoms with Gasteiger partial charge in [0.1, 0.15) is 11.9 Å². The maximum absolute atomic E-state index is 7.91. The van der Waals surface area contributed by atoms with Crippen molar-refractivity contribution in [1.82, 2.24) is 9.97 Å². The summed E-state index contributed by atoms with van der Waals surface area (Å²) in [6, 6.07) is 15.9. The van der Waals surface area contributed by atoms with E-state index in [1.807, 2.05) is 36.4 Å². The molecule has 1 atom stereocenters. The summed E-state index contributed by atoms with van der Waals surface area (Å²) in [4.78, 5) is 10.1. The third-order valence-corrected chi connectivity index (χ3v) is 5.82. The normalized spacial score (nSPS) is 18.0. The van der Waals surface area contributed by atoms with E-state index in [1.54, 1.807) is 6.20 Å². The van der Waals surface area contributed by atoms with Gasteiger partial charge in [0.05, 0.1) is 10.7 Å². The van der Waals surface area contributed by atoms with Crippen LogP contribution in [0.4, 0.5) is 11.6 Å². The number of nitrogens with one attached hydrogen (secondary N) is 2. The maximum Gasteiger partial charge on any atom is 0.227 e. The summed E-state index contributed by atoms with van der Waals surface area (Å²) in [5.74, 6) is 1.34. The number of thioether (sulfide) groups is 1. The quantitative estimate of drug-likeness (QED) is 0.675. The monoisotopic (exact) mass is 390 g/mol. The first-order valence-corrected chi connectivity index (χ1v) is 9.89. The van der Waals surface area contributed by atoms with Crippen LogP contribution in [0.5, 0.6) is 5.75 Å². The van der Waals surface area contributed by atoms with Crippen LogP contribution in [-0.2, 0) is 11.2 Å². The molecule has 3 aromatic rings. The lowest BCUT2D eigenvalue weighted by atomic mass is 10.0. The second-order valence-electron chi connectivity index (χ2n) is 6.62. The van der Waals surface area contributed by atoms with Crippen molar-refractivity contribution in [3.05, 3.63) is 71.5 Å². The highest BCUT2D eigenvalue weighted by atomic mass is 32.2. The molecule has 140 valence electrons. The molecule has 7 heteroatoms. The van der Waals surface area contributed by atoms with E-state index in [0.717, 1.165) is 40.4 Å². The molecule has 0 aliphatic carbocycles. The zero-order valence-electron chi connectivity index (χ0n) is 15.0. The number of nitrogens with zero attached hydrogens (tertiary/aromatic N) is 2. The average molecular weight is 390 g/mol. The van der Waals surface area contributed by atoms with Crippen LogP contribution in [0.2, 0.25) is 0 Å². The second kappa shape index (κ2) is 7.26. The number of aromatic nitrogens is 2. The number of hydrogen-bond acceptors (Lipinski definition) is 7. The Hall–Kier alpha value is -2.90. The number of para-hydroxylation sites is 1. The number of hydrogen-bond donors (Lipinski definition) is 2. The van der Waals surface area contributed by atoms with Gasteiger partial charge in [-0.15, -0.1) is 0 Å². The number of aryl methyl sites for hydroxylation is 1. The molecule has 2 N–H and O–H groups in total. The van der Waals surface area contributed by atoms with Crippen LogP contribution in [0.15, 0.2) is 59.6 Å². The molecule has 0 amide bonds. The van der Waals surface area contributed by atoms with E-state index >= 15 is 0 Å². The minimum Gasteiger partial charge on any atom is -0.467 e. The van der Waals surface area contributed by atoms with Gasteiger partial charge in [-0.05, 0) is 42.7 Å². The second-order valence-corrected chi connectivity index (χ2v) is 7.76. The van der Waals surface area contributed by atoms with Crippen LogP contribution < -0.4 is 10.1 Å². The van der Waals surface area contributed by atoms with E-state index in [9.17, 15) is 0 Å². The lowest BCUT2D eigenvalue weighted by Gasteiger charge is -2.25. The van der Waals surface area contributed by atoms with Crippen LogP contribution in [0.25, 0.3) is 0 Å². The fraction of sp³-hybridized carbons (Fsp3) is 0.190. The Morgan fingerprint density at radius 1 is 1.11 bits per heavy atom. The van der Waals surface area contributed by atoms with Gasteiger partial charge in [-0.2, -0.15) is 0 Å². The lowest BCUT2D eigenvalue weighted by molar-refractivity contribution is -0.0434. The summed E-state index contributed by atoms with van der Waals surface area (Å²) in [6.07, 6.45) is 3.19. The van der Waals surface area contributed by atoms with Crippen molar-refractivity contribution in [3.63, 3.8) is 0 Å². The minimum absolute atomic E-state index is 0.197. The Balaban J connectivity index is 1.42. The fourth-order valence-corrected chi connectivity index (χ4v) is 4.36. The van der Waals surface area contributed by atoms with Crippen molar-refractivity contribution in [1.29, 1.82) is 5.41 Å². The molecule has 0 radical (unpaired) electrons. The molecule has 28 heavy (non-hydrogen) atoms. The molecular weight excluding hydrogens is 372 g/mol. The molecule has 1 unspecified atom stereocenters.